The third-order valence-corrected chi connectivity index (χ3v) is 2.86. The Balaban J connectivity index is 2.20. The first-order chi connectivity index (χ1) is 8.33. The fourth-order valence-corrected chi connectivity index (χ4v) is 1.98. The molecular formula is C12H11N3OS. The highest BCUT2D eigenvalue weighted by atomic mass is 32.1. The Morgan fingerprint density at radius 2 is 2.29 bits per heavy atom. The molecule has 17 heavy (non-hydrogen) atoms. The number of anilines is 2. The van der Waals surface area contributed by atoms with Crippen LogP contribution in [0.1, 0.15) is 11.8 Å². The third-order valence-electron chi connectivity index (χ3n) is 2.04. The summed E-state index contributed by atoms with van der Waals surface area (Å²) in [7, 11) is 0. The Morgan fingerprint density at radius 1 is 1.47 bits per heavy atom. The second-order valence-corrected chi connectivity index (χ2v) is 4.23. The standard InChI is InChI=1S/C12H11N3OS/c1-2-16-11-6-4-3-5-10(11)15-12-14-8-9(7-13)17-12/h3-6,8H,2H2,1H3,(H,14,15). The molecule has 1 aromatic carbocycles. The molecule has 4 nitrogen and oxygen atoms in total. The molecule has 0 aliphatic heterocycles. The van der Waals surface area contributed by atoms with E-state index in [2.05, 4.69) is 16.4 Å². The Kier molecular flexibility index (Phi) is 3.58. The van der Waals surface area contributed by atoms with Crippen molar-refractivity contribution in [3.8, 4) is 11.8 Å². The second-order valence-electron chi connectivity index (χ2n) is 3.20. The number of thiazole rings is 1. The van der Waals surface area contributed by atoms with Crippen LogP contribution in [0.3, 0.4) is 0 Å². The number of para-hydroxylation sites is 2. The highest BCUT2D eigenvalue weighted by molar-refractivity contribution is 7.16. The molecule has 1 heterocycles. The summed E-state index contributed by atoms with van der Waals surface area (Å²) in [5.41, 5.74) is 0.855. The van der Waals surface area contributed by atoms with Crippen molar-refractivity contribution in [3.63, 3.8) is 0 Å². The molecule has 0 amide bonds. The summed E-state index contributed by atoms with van der Waals surface area (Å²) in [4.78, 5) is 4.70. The van der Waals surface area contributed by atoms with Crippen LogP contribution in [0.5, 0.6) is 5.75 Å². The fourth-order valence-electron chi connectivity index (χ4n) is 1.35. The summed E-state index contributed by atoms with van der Waals surface area (Å²) in [6, 6.07) is 9.70. The van der Waals surface area contributed by atoms with Gasteiger partial charge in [-0.15, -0.1) is 0 Å². The summed E-state index contributed by atoms with van der Waals surface area (Å²) in [5, 5.41) is 12.6. The van der Waals surface area contributed by atoms with Crippen LogP contribution in [0.25, 0.3) is 0 Å². The van der Waals surface area contributed by atoms with Gasteiger partial charge in [0.2, 0.25) is 0 Å². The molecular weight excluding hydrogens is 234 g/mol. The monoisotopic (exact) mass is 245 g/mol. The maximum absolute atomic E-state index is 8.72. The Bertz CT molecular complexity index is 545. The molecule has 86 valence electrons. The first-order valence-electron chi connectivity index (χ1n) is 5.18. The van der Waals surface area contributed by atoms with E-state index in [0.717, 1.165) is 11.4 Å². The lowest BCUT2D eigenvalue weighted by Gasteiger charge is -2.09. The molecule has 2 rings (SSSR count). The number of nitrogens with zero attached hydrogens (tertiary/aromatic N) is 2. The van der Waals surface area contributed by atoms with Gasteiger partial charge in [0.25, 0.3) is 0 Å². The molecule has 0 spiro atoms. The highest BCUT2D eigenvalue weighted by Gasteiger charge is 2.05. The first kappa shape index (κ1) is 11.4. The molecule has 0 fully saturated rings. The van der Waals surface area contributed by atoms with Gasteiger partial charge in [0.1, 0.15) is 16.7 Å². The van der Waals surface area contributed by atoms with Gasteiger partial charge in [0, 0.05) is 0 Å². The predicted molar refractivity (Wildman–Crippen MR) is 67.7 cm³/mol. The van der Waals surface area contributed by atoms with Crippen molar-refractivity contribution >= 4 is 22.2 Å². The van der Waals surface area contributed by atoms with E-state index in [1.807, 2.05) is 31.2 Å². The SMILES string of the molecule is CCOc1ccccc1Nc1ncc(C#N)s1. The molecule has 0 bridgehead atoms. The molecule has 0 aliphatic carbocycles. The van der Waals surface area contributed by atoms with Gasteiger partial charge >= 0.3 is 0 Å². The second kappa shape index (κ2) is 5.32. The van der Waals surface area contributed by atoms with Crippen LogP contribution in [0, 0.1) is 11.3 Å². The Morgan fingerprint density at radius 3 is 3.00 bits per heavy atom. The van der Waals surface area contributed by atoms with Gasteiger partial charge in [0.15, 0.2) is 5.13 Å². The Labute approximate surface area is 103 Å². The number of rotatable bonds is 4. The zero-order valence-corrected chi connectivity index (χ0v) is 10.1. The van der Waals surface area contributed by atoms with Crippen molar-refractivity contribution in [2.45, 2.75) is 6.92 Å². The zero-order valence-electron chi connectivity index (χ0n) is 9.30. The van der Waals surface area contributed by atoms with Crippen molar-refractivity contribution in [2.24, 2.45) is 0 Å². The molecule has 0 atom stereocenters. The molecule has 5 heteroatoms. The Hall–Kier alpha value is -2.06. The summed E-state index contributed by atoms with van der Waals surface area (Å²) >= 11 is 1.32. The third kappa shape index (κ3) is 2.74. The number of nitriles is 1. The van der Waals surface area contributed by atoms with Gasteiger partial charge < -0.3 is 10.1 Å². The molecule has 0 unspecified atom stereocenters. The van der Waals surface area contributed by atoms with Crippen molar-refractivity contribution in [2.75, 3.05) is 11.9 Å². The van der Waals surface area contributed by atoms with Crippen LogP contribution in [-0.2, 0) is 0 Å². The number of aromatic nitrogens is 1. The van der Waals surface area contributed by atoms with Gasteiger partial charge in [0.05, 0.1) is 18.5 Å². The van der Waals surface area contributed by atoms with E-state index in [9.17, 15) is 0 Å². The van der Waals surface area contributed by atoms with Gasteiger partial charge in [-0.05, 0) is 19.1 Å². The maximum atomic E-state index is 8.72. The van der Waals surface area contributed by atoms with Crippen LogP contribution in [0.15, 0.2) is 30.5 Å². The van der Waals surface area contributed by atoms with Crippen molar-refractivity contribution < 1.29 is 4.74 Å². The van der Waals surface area contributed by atoms with E-state index in [0.29, 0.717) is 16.6 Å². The number of ether oxygens (including phenoxy) is 1. The van der Waals surface area contributed by atoms with E-state index in [-0.39, 0.29) is 0 Å². The zero-order chi connectivity index (χ0) is 12.1. The van der Waals surface area contributed by atoms with Crippen LogP contribution < -0.4 is 10.1 Å². The lowest BCUT2D eigenvalue weighted by Crippen LogP contribution is -1.97. The average Bonchev–Trinajstić information content (AvgIpc) is 2.80. The number of nitrogens with one attached hydrogen (secondary N) is 1. The van der Waals surface area contributed by atoms with Crippen LogP contribution >= 0.6 is 11.3 Å². The van der Waals surface area contributed by atoms with Crippen LogP contribution in [0.4, 0.5) is 10.8 Å². The lowest BCUT2D eigenvalue weighted by molar-refractivity contribution is 0.342. The average molecular weight is 245 g/mol. The highest BCUT2D eigenvalue weighted by Crippen LogP contribution is 2.29. The minimum Gasteiger partial charge on any atom is -0.492 e. The number of hydrogen-bond acceptors (Lipinski definition) is 5. The normalized spacial score (nSPS) is 9.65. The van der Waals surface area contributed by atoms with E-state index in [1.165, 1.54) is 11.3 Å². The summed E-state index contributed by atoms with van der Waals surface area (Å²) in [6.07, 6.45) is 1.55. The fraction of sp³-hybridized carbons (Fsp3) is 0.167. The van der Waals surface area contributed by atoms with Crippen LogP contribution in [0.2, 0.25) is 0 Å². The molecule has 0 saturated carbocycles. The van der Waals surface area contributed by atoms with Gasteiger partial charge in [-0.2, -0.15) is 5.26 Å². The summed E-state index contributed by atoms with van der Waals surface area (Å²) in [6.45, 7) is 2.55. The van der Waals surface area contributed by atoms with Gasteiger partial charge in [-0.1, -0.05) is 23.5 Å². The predicted octanol–water partition coefficient (Wildman–Crippen LogP) is 3.16. The lowest BCUT2D eigenvalue weighted by atomic mass is 10.3. The van der Waals surface area contributed by atoms with Gasteiger partial charge in [-0.3, -0.25) is 0 Å². The van der Waals surface area contributed by atoms with Crippen molar-refractivity contribution in [1.29, 1.82) is 5.26 Å². The summed E-state index contributed by atoms with van der Waals surface area (Å²) in [5.74, 6) is 0.781. The van der Waals surface area contributed by atoms with Crippen molar-refractivity contribution in [3.05, 3.63) is 35.3 Å². The van der Waals surface area contributed by atoms with Crippen LogP contribution in [-0.4, -0.2) is 11.6 Å². The van der Waals surface area contributed by atoms with E-state index in [1.54, 1.807) is 6.20 Å². The molecule has 1 aromatic heterocycles. The smallest absolute Gasteiger partial charge is 0.188 e. The van der Waals surface area contributed by atoms with Crippen molar-refractivity contribution in [1.82, 2.24) is 4.98 Å². The molecule has 0 saturated heterocycles. The number of benzene rings is 1. The molecule has 0 aliphatic rings. The largest absolute Gasteiger partial charge is 0.492 e. The molecule has 0 radical (unpaired) electrons. The van der Waals surface area contributed by atoms with Gasteiger partial charge in [-0.25, -0.2) is 4.98 Å². The molecule has 1 N–H and O–H groups in total. The maximum Gasteiger partial charge on any atom is 0.188 e. The molecule has 2 aromatic rings. The summed E-state index contributed by atoms with van der Waals surface area (Å²) < 4.78 is 5.49. The van der Waals surface area contributed by atoms with E-state index >= 15 is 0 Å². The minimum atomic E-state index is 0.585. The quantitative estimate of drug-likeness (QED) is 0.898. The number of hydrogen-bond donors (Lipinski definition) is 1. The van der Waals surface area contributed by atoms with E-state index < -0.39 is 0 Å². The first-order valence-corrected chi connectivity index (χ1v) is 6.00. The topological polar surface area (TPSA) is 57.9 Å². The minimum absolute atomic E-state index is 0.585. The van der Waals surface area contributed by atoms with E-state index in [4.69, 9.17) is 10.00 Å².